The molecule has 0 radical (unpaired) electrons. The van der Waals surface area contributed by atoms with Crippen molar-refractivity contribution in [3.63, 3.8) is 0 Å². The van der Waals surface area contributed by atoms with Crippen LogP contribution in [0.25, 0.3) is 0 Å². The van der Waals surface area contributed by atoms with Crippen LogP contribution in [0.4, 0.5) is 13.2 Å². The Morgan fingerprint density at radius 2 is 1.69 bits per heavy atom. The van der Waals surface area contributed by atoms with Gasteiger partial charge in [-0.15, -0.1) is 0 Å². The van der Waals surface area contributed by atoms with Crippen molar-refractivity contribution in [1.82, 2.24) is 5.32 Å². The van der Waals surface area contributed by atoms with Gasteiger partial charge in [0.15, 0.2) is 0 Å². The van der Waals surface area contributed by atoms with Gasteiger partial charge in [0.2, 0.25) is 0 Å². The topological polar surface area (TPSA) is 12.0 Å². The van der Waals surface area contributed by atoms with Crippen molar-refractivity contribution >= 4 is 0 Å². The molecule has 1 nitrogen and oxygen atoms in total. The molecule has 0 heterocycles. The summed E-state index contributed by atoms with van der Waals surface area (Å²) in [5.74, 6) is 0.937. The Kier molecular flexibility index (Phi) is 5.37. The van der Waals surface area contributed by atoms with Gasteiger partial charge in [-0.3, -0.25) is 0 Å². The smallest absolute Gasteiger partial charge is 0.316 e. The molecular weight excluding hydrogens is 179 g/mol. The largest absolute Gasteiger partial charge is 0.390 e. The molecule has 0 spiro atoms. The molecule has 0 aliphatic carbocycles. The average molecular weight is 197 g/mol. The van der Waals surface area contributed by atoms with Crippen LogP contribution in [0.5, 0.6) is 0 Å². The fourth-order valence-electron chi connectivity index (χ4n) is 0.796. The Morgan fingerprint density at radius 3 is 2.08 bits per heavy atom. The van der Waals surface area contributed by atoms with Crippen molar-refractivity contribution in [2.24, 2.45) is 11.8 Å². The molecule has 80 valence electrons. The van der Waals surface area contributed by atoms with E-state index in [4.69, 9.17) is 0 Å². The van der Waals surface area contributed by atoms with Crippen LogP contribution in [0.2, 0.25) is 0 Å². The first-order valence-electron chi connectivity index (χ1n) is 4.60. The summed E-state index contributed by atoms with van der Waals surface area (Å²) in [7, 11) is 0. The molecule has 0 saturated heterocycles. The van der Waals surface area contributed by atoms with Gasteiger partial charge in [0, 0.05) is 6.54 Å². The third-order valence-corrected chi connectivity index (χ3v) is 2.19. The highest BCUT2D eigenvalue weighted by Crippen LogP contribution is 2.18. The first-order valence-corrected chi connectivity index (χ1v) is 4.60. The molecule has 0 aromatic carbocycles. The molecule has 0 rings (SSSR count). The van der Waals surface area contributed by atoms with Crippen LogP contribution in [0.3, 0.4) is 0 Å². The molecule has 0 aliphatic rings. The first kappa shape index (κ1) is 12.8. The van der Waals surface area contributed by atoms with E-state index >= 15 is 0 Å². The molecule has 4 heteroatoms. The molecule has 0 aromatic rings. The second-order valence-corrected chi connectivity index (χ2v) is 3.79. The Labute approximate surface area is 77.7 Å². The van der Waals surface area contributed by atoms with E-state index in [1.165, 1.54) is 0 Å². The van der Waals surface area contributed by atoms with Crippen molar-refractivity contribution in [1.29, 1.82) is 0 Å². The Morgan fingerprint density at radius 1 is 1.15 bits per heavy atom. The SMILES string of the molecule is CC(C)C(C)CNCCC(F)(F)F. The second kappa shape index (κ2) is 5.47. The molecule has 1 unspecified atom stereocenters. The molecule has 1 N–H and O–H groups in total. The van der Waals surface area contributed by atoms with Crippen LogP contribution in [0.15, 0.2) is 0 Å². The van der Waals surface area contributed by atoms with Crippen LogP contribution in [0, 0.1) is 11.8 Å². The quantitative estimate of drug-likeness (QED) is 0.668. The van der Waals surface area contributed by atoms with Crippen molar-refractivity contribution in [3.05, 3.63) is 0 Å². The van der Waals surface area contributed by atoms with Gasteiger partial charge >= 0.3 is 6.18 Å². The molecule has 1 atom stereocenters. The van der Waals surface area contributed by atoms with Crippen LogP contribution < -0.4 is 5.32 Å². The predicted octanol–water partition coefficient (Wildman–Crippen LogP) is 2.82. The third kappa shape index (κ3) is 8.09. The summed E-state index contributed by atoms with van der Waals surface area (Å²) in [5.41, 5.74) is 0. The number of halogens is 3. The summed E-state index contributed by atoms with van der Waals surface area (Å²) in [4.78, 5) is 0. The lowest BCUT2D eigenvalue weighted by Gasteiger charge is -2.16. The van der Waals surface area contributed by atoms with Gasteiger partial charge in [0.25, 0.3) is 0 Å². The number of alkyl halides is 3. The van der Waals surface area contributed by atoms with Crippen molar-refractivity contribution in [2.75, 3.05) is 13.1 Å². The molecule has 13 heavy (non-hydrogen) atoms. The summed E-state index contributed by atoms with van der Waals surface area (Å²) < 4.78 is 35.1. The lowest BCUT2D eigenvalue weighted by Crippen LogP contribution is -2.27. The van der Waals surface area contributed by atoms with Crippen molar-refractivity contribution in [2.45, 2.75) is 33.4 Å². The van der Waals surface area contributed by atoms with Crippen LogP contribution in [0.1, 0.15) is 27.2 Å². The summed E-state index contributed by atoms with van der Waals surface area (Å²) >= 11 is 0. The molecule has 0 fully saturated rings. The van der Waals surface area contributed by atoms with Gasteiger partial charge in [-0.25, -0.2) is 0 Å². The second-order valence-electron chi connectivity index (χ2n) is 3.79. The molecule has 0 aliphatic heterocycles. The standard InChI is InChI=1S/C9H18F3N/c1-7(2)8(3)6-13-5-4-9(10,11)12/h7-8,13H,4-6H2,1-3H3. The van der Waals surface area contributed by atoms with E-state index in [9.17, 15) is 13.2 Å². The van der Waals surface area contributed by atoms with E-state index in [2.05, 4.69) is 19.2 Å². The fraction of sp³-hybridized carbons (Fsp3) is 1.00. The number of rotatable bonds is 5. The Balaban J connectivity index is 3.36. The van der Waals surface area contributed by atoms with Gasteiger partial charge in [-0.1, -0.05) is 20.8 Å². The minimum atomic E-state index is -4.03. The van der Waals surface area contributed by atoms with E-state index in [1.54, 1.807) is 0 Å². The van der Waals surface area contributed by atoms with E-state index < -0.39 is 12.6 Å². The Bertz CT molecular complexity index is 131. The molecule has 0 bridgehead atoms. The van der Waals surface area contributed by atoms with E-state index in [1.807, 2.05) is 6.92 Å². The lowest BCUT2D eigenvalue weighted by molar-refractivity contribution is -0.133. The average Bonchev–Trinajstić information content (AvgIpc) is 1.95. The van der Waals surface area contributed by atoms with Gasteiger partial charge in [-0.2, -0.15) is 13.2 Å². The molecule has 0 saturated carbocycles. The zero-order valence-electron chi connectivity index (χ0n) is 8.41. The van der Waals surface area contributed by atoms with E-state index in [0.29, 0.717) is 18.4 Å². The summed E-state index contributed by atoms with van der Waals surface area (Å²) in [6, 6.07) is 0. The monoisotopic (exact) mass is 197 g/mol. The highest BCUT2D eigenvalue weighted by Gasteiger charge is 2.25. The fourth-order valence-corrected chi connectivity index (χ4v) is 0.796. The molecule has 0 amide bonds. The maximum atomic E-state index is 11.7. The van der Waals surface area contributed by atoms with Crippen LogP contribution in [-0.4, -0.2) is 19.3 Å². The zero-order valence-corrected chi connectivity index (χ0v) is 8.41. The minimum Gasteiger partial charge on any atom is -0.316 e. The first-order chi connectivity index (χ1) is 5.83. The van der Waals surface area contributed by atoms with Gasteiger partial charge < -0.3 is 5.32 Å². The summed E-state index contributed by atoms with van der Waals surface area (Å²) in [6.45, 7) is 6.85. The van der Waals surface area contributed by atoms with Crippen molar-refractivity contribution < 1.29 is 13.2 Å². The normalized spacial score (nSPS) is 15.0. The maximum Gasteiger partial charge on any atom is 0.390 e. The molecular formula is C9H18F3N. The highest BCUT2D eigenvalue weighted by molar-refractivity contribution is 4.61. The maximum absolute atomic E-state index is 11.7. The predicted molar refractivity (Wildman–Crippen MR) is 47.5 cm³/mol. The minimum absolute atomic E-state index is 0.0283. The summed E-state index contributed by atoms with van der Waals surface area (Å²) in [5, 5.41) is 2.80. The molecule has 0 aromatic heterocycles. The van der Waals surface area contributed by atoms with Crippen LogP contribution >= 0.6 is 0 Å². The number of nitrogens with one attached hydrogen (secondary N) is 1. The Hall–Kier alpha value is -0.250. The summed E-state index contributed by atoms with van der Waals surface area (Å²) in [6.07, 6.45) is -4.77. The number of hydrogen-bond donors (Lipinski definition) is 1. The van der Waals surface area contributed by atoms with Gasteiger partial charge in [0.05, 0.1) is 6.42 Å². The van der Waals surface area contributed by atoms with Gasteiger partial charge in [-0.05, 0) is 18.4 Å². The van der Waals surface area contributed by atoms with Gasteiger partial charge in [0.1, 0.15) is 0 Å². The van der Waals surface area contributed by atoms with Crippen LogP contribution in [-0.2, 0) is 0 Å². The third-order valence-electron chi connectivity index (χ3n) is 2.19. The number of hydrogen-bond acceptors (Lipinski definition) is 1. The highest BCUT2D eigenvalue weighted by atomic mass is 19.4. The van der Waals surface area contributed by atoms with E-state index in [0.717, 1.165) is 0 Å². The van der Waals surface area contributed by atoms with Crippen molar-refractivity contribution in [3.8, 4) is 0 Å². The van der Waals surface area contributed by atoms with E-state index in [-0.39, 0.29) is 6.54 Å². The lowest BCUT2D eigenvalue weighted by atomic mass is 9.98. The zero-order chi connectivity index (χ0) is 10.5.